The Kier molecular flexibility index (Phi) is 3.84. The molecule has 0 radical (unpaired) electrons. The third-order valence-corrected chi connectivity index (χ3v) is 4.96. The summed E-state index contributed by atoms with van der Waals surface area (Å²) >= 11 is 0. The summed E-state index contributed by atoms with van der Waals surface area (Å²) in [4.78, 5) is 18.8. The lowest BCUT2D eigenvalue weighted by molar-refractivity contribution is 0.0762. The zero-order valence-electron chi connectivity index (χ0n) is 13.7. The van der Waals surface area contributed by atoms with Gasteiger partial charge in [0.2, 0.25) is 0 Å². The number of benzene rings is 1. The fourth-order valence-electron chi connectivity index (χ4n) is 3.16. The molecule has 1 aromatic carbocycles. The minimum atomic E-state index is -0.372. The Morgan fingerprint density at radius 3 is 2.67 bits per heavy atom. The molecule has 1 saturated carbocycles. The van der Waals surface area contributed by atoms with Gasteiger partial charge >= 0.3 is 0 Å². The topological polar surface area (TPSA) is 79.5 Å². The van der Waals surface area contributed by atoms with Gasteiger partial charge in [-0.25, -0.2) is 0 Å². The normalized spacial score (nSPS) is 21.9. The van der Waals surface area contributed by atoms with Crippen LogP contribution in [-0.2, 0) is 0 Å². The number of aromatic nitrogens is 2. The Morgan fingerprint density at radius 1 is 1.29 bits per heavy atom. The molecule has 1 N–H and O–H groups in total. The minimum Gasteiger partial charge on any atom is -0.393 e. The Labute approximate surface area is 140 Å². The standard InChI is InChI=1S/C18H21N3O3/c1-11(22)15-8-9-21(10-15)18(23)14-6-4-13(5-7-14)17-19-16(20-24-17)12-2-3-12/h4-7,11-12,15,22H,2-3,8-10H2,1H3. The lowest BCUT2D eigenvalue weighted by Gasteiger charge is -2.17. The first-order chi connectivity index (χ1) is 11.6. The number of amides is 1. The quantitative estimate of drug-likeness (QED) is 0.933. The zero-order valence-corrected chi connectivity index (χ0v) is 13.7. The van der Waals surface area contributed by atoms with E-state index in [1.807, 2.05) is 17.0 Å². The van der Waals surface area contributed by atoms with Crippen LogP contribution in [0.15, 0.2) is 28.8 Å². The van der Waals surface area contributed by atoms with Crippen LogP contribution < -0.4 is 0 Å². The van der Waals surface area contributed by atoms with Crippen LogP contribution in [0.3, 0.4) is 0 Å². The smallest absolute Gasteiger partial charge is 0.257 e. The maximum atomic E-state index is 12.6. The van der Waals surface area contributed by atoms with Crippen molar-refractivity contribution in [2.24, 2.45) is 5.92 Å². The molecule has 2 heterocycles. The van der Waals surface area contributed by atoms with Gasteiger partial charge in [-0.3, -0.25) is 4.79 Å². The number of nitrogens with zero attached hydrogens (tertiary/aromatic N) is 3. The molecule has 0 bridgehead atoms. The molecule has 2 aromatic rings. The van der Waals surface area contributed by atoms with Gasteiger partial charge in [0, 0.05) is 36.1 Å². The molecule has 1 saturated heterocycles. The average Bonchev–Trinajstić information content (AvgIpc) is 3.13. The van der Waals surface area contributed by atoms with E-state index in [-0.39, 0.29) is 17.9 Å². The third-order valence-electron chi connectivity index (χ3n) is 4.96. The lowest BCUT2D eigenvalue weighted by atomic mass is 10.0. The summed E-state index contributed by atoms with van der Waals surface area (Å²) in [6, 6.07) is 7.29. The zero-order chi connectivity index (χ0) is 16.7. The Bertz CT molecular complexity index is 734. The molecule has 24 heavy (non-hydrogen) atoms. The van der Waals surface area contributed by atoms with Gasteiger partial charge in [-0.05, 0) is 50.5 Å². The van der Waals surface area contributed by atoms with Crippen molar-refractivity contribution in [3.63, 3.8) is 0 Å². The van der Waals surface area contributed by atoms with Crippen molar-refractivity contribution in [2.75, 3.05) is 13.1 Å². The molecule has 0 spiro atoms. The minimum absolute atomic E-state index is 0.00824. The van der Waals surface area contributed by atoms with E-state index in [1.165, 1.54) is 0 Å². The second-order valence-electron chi connectivity index (χ2n) is 6.85. The second-order valence-corrected chi connectivity index (χ2v) is 6.85. The summed E-state index contributed by atoms with van der Waals surface area (Å²) in [6.07, 6.45) is 2.75. The fraction of sp³-hybridized carbons (Fsp3) is 0.500. The Hall–Kier alpha value is -2.21. The van der Waals surface area contributed by atoms with Crippen molar-refractivity contribution < 1.29 is 14.4 Å². The number of hydrogen-bond donors (Lipinski definition) is 1. The summed E-state index contributed by atoms with van der Waals surface area (Å²) in [6.45, 7) is 3.10. The molecule has 4 rings (SSSR count). The number of likely N-dealkylation sites (tertiary alicyclic amines) is 1. The molecule has 2 atom stereocenters. The first kappa shape index (κ1) is 15.3. The molecule has 126 valence electrons. The molecular formula is C18H21N3O3. The van der Waals surface area contributed by atoms with E-state index in [0.29, 0.717) is 30.5 Å². The van der Waals surface area contributed by atoms with Crippen molar-refractivity contribution in [2.45, 2.75) is 38.2 Å². The van der Waals surface area contributed by atoms with Gasteiger partial charge in [0.15, 0.2) is 5.82 Å². The summed E-state index contributed by atoms with van der Waals surface area (Å²) in [5, 5.41) is 13.7. The van der Waals surface area contributed by atoms with Crippen molar-refractivity contribution in [1.82, 2.24) is 15.0 Å². The predicted octanol–water partition coefficient (Wildman–Crippen LogP) is 2.46. The number of hydrogen-bond acceptors (Lipinski definition) is 5. The number of carbonyl (C=O) groups is 1. The first-order valence-corrected chi connectivity index (χ1v) is 8.53. The lowest BCUT2D eigenvalue weighted by Crippen LogP contribution is -2.30. The van der Waals surface area contributed by atoms with Crippen LogP contribution in [0.25, 0.3) is 11.5 Å². The maximum Gasteiger partial charge on any atom is 0.257 e. The predicted molar refractivity (Wildman–Crippen MR) is 87.4 cm³/mol. The van der Waals surface area contributed by atoms with Crippen molar-refractivity contribution in [3.8, 4) is 11.5 Å². The van der Waals surface area contributed by atoms with Crippen molar-refractivity contribution in [1.29, 1.82) is 0 Å². The molecule has 1 amide bonds. The van der Waals surface area contributed by atoms with E-state index in [9.17, 15) is 9.90 Å². The van der Waals surface area contributed by atoms with Gasteiger partial charge in [0.25, 0.3) is 11.8 Å². The van der Waals surface area contributed by atoms with E-state index in [4.69, 9.17) is 4.52 Å². The summed E-state index contributed by atoms with van der Waals surface area (Å²) in [5.41, 5.74) is 1.47. The van der Waals surface area contributed by atoms with Gasteiger partial charge in [-0.15, -0.1) is 0 Å². The van der Waals surface area contributed by atoms with Crippen molar-refractivity contribution in [3.05, 3.63) is 35.7 Å². The number of aliphatic hydroxyl groups is 1. The molecule has 2 aliphatic rings. The van der Waals surface area contributed by atoms with Crippen LogP contribution >= 0.6 is 0 Å². The summed E-state index contributed by atoms with van der Waals surface area (Å²) in [5.74, 6) is 1.93. The molecule has 1 aromatic heterocycles. The van der Waals surface area contributed by atoms with E-state index in [1.54, 1.807) is 19.1 Å². The molecule has 6 nitrogen and oxygen atoms in total. The summed E-state index contributed by atoms with van der Waals surface area (Å²) < 4.78 is 5.31. The Morgan fingerprint density at radius 2 is 2.04 bits per heavy atom. The van der Waals surface area contributed by atoms with E-state index in [0.717, 1.165) is 30.7 Å². The van der Waals surface area contributed by atoms with Gasteiger partial charge < -0.3 is 14.5 Å². The van der Waals surface area contributed by atoms with E-state index in [2.05, 4.69) is 10.1 Å². The van der Waals surface area contributed by atoms with Gasteiger partial charge in [-0.2, -0.15) is 4.98 Å². The van der Waals surface area contributed by atoms with E-state index < -0.39 is 0 Å². The highest BCUT2D eigenvalue weighted by Crippen LogP contribution is 2.38. The highest BCUT2D eigenvalue weighted by Gasteiger charge is 2.30. The van der Waals surface area contributed by atoms with Crippen LogP contribution in [0.4, 0.5) is 0 Å². The Balaban J connectivity index is 1.46. The van der Waals surface area contributed by atoms with Crippen LogP contribution in [0.5, 0.6) is 0 Å². The molecule has 1 aliphatic heterocycles. The molecule has 6 heteroatoms. The van der Waals surface area contributed by atoms with Gasteiger partial charge in [-0.1, -0.05) is 5.16 Å². The highest BCUT2D eigenvalue weighted by atomic mass is 16.5. The van der Waals surface area contributed by atoms with Crippen LogP contribution in [-0.4, -0.2) is 45.2 Å². The average molecular weight is 327 g/mol. The van der Waals surface area contributed by atoms with Crippen LogP contribution in [0.1, 0.15) is 48.3 Å². The van der Waals surface area contributed by atoms with Crippen LogP contribution in [0, 0.1) is 5.92 Å². The largest absolute Gasteiger partial charge is 0.393 e. The van der Waals surface area contributed by atoms with Gasteiger partial charge in [0.05, 0.1) is 6.10 Å². The maximum absolute atomic E-state index is 12.6. The molecule has 1 aliphatic carbocycles. The van der Waals surface area contributed by atoms with Gasteiger partial charge in [0.1, 0.15) is 0 Å². The first-order valence-electron chi connectivity index (χ1n) is 8.53. The highest BCUT2D eigenvalue weighted by molar-refractivity contribution is 5.94. The molecule has 2 unspecified atom stereocenters. The number of aliphatic hydroxyl groups excluding tert-OH is 1. The third kappa shape index (κ3) is 2.94. The monoisotopic (exact) mass is 327 g/mol. The molecular weight excluding hydrogens is 306 g/mol. The SMILES string of the molecule is CC(O)C1CCN(C(=O)c2ccc(-c3nc(C4CC4)no3)cc2)C1. The number of carbonyl (C=O) groups excluding carboxylic acids is 1. The molecule has 2 fully saturated rings. The van der Waals surface area contributed by atoms with Crippen molar-refractivity contribution >= 4 is 5.91 Å². The van der Waals surface area contributed by atoms with Crippen LogP contribution in [0.2, 0.25) is 0 Å². The number of rotatable bonds is 4. The fourth-order valence-corrected chi connectivity index (χ4v) is 3.16. The second kappa shape index (κ2) is 6.02. The van der Waals surface area contributed by atoms with E-state index >= 15 is 0 Å². The summed E-state index contributed by atoms with van der Waals surface area (Å²) in [7, 11) is 0.